The maximum Gasteiger partial charge on any atom is 0.236 e. The summed E-state index contributed by atoms with van der Waals surface area (Å²) in [4.78, 5) is 13.8. The standard InChI is InChI=1S/C15H22N2O.ClH/c1-12-11-17(15(18)10-16-2)9-8-14(12)13-6-4-3-5-7-13;/h3-7,12,14,16H,8-11H2,1-2H3;1H. The van der Waals surface area contributed by atoms with E-state index >= 15 is 0 Å². The predicted octanol–water partition coefficient (Wildman–Crippen LogP) is 2.28. The van der Waals surface area contributed by atoms with Crippen LogP contribution < -0.4 is 5.32 Å². The molecule has 1 heterocycles. The Bertz CT molecular complexity index is 396. The zero-order valence-electron chi connectivity index (χ0n) is 11.6. The molecule has 1 amide bonds. The number of rotatable bonds is 3. The van der Waals surface area contributed by atoms with E-state index in [1.54, 1.807) is 0 Å². The summed E-state index contributed by atoms with van der Waals surface area (Å²) in [6.45, 7) is 4.45. The normalized spacial score (nSPS) is 22.7. The van der Waals surface area contributed by atoms with Crippen LogP contribution >= 0.6 is 12.4 Å². The Kier molecular flexibility index (Phi) is 6.32. The molecule has 0 radical (unpaired) electrons. The second-order valence-electron chi connectivity index (χ2n) is 5.15. The quantitative estimate of drug-likeness (QED) is 0.922. The van der Waals surface area contributed by atoms with Gasteiger partial charge in [0.25, 0.3) is 0 Å². The predicted molar refractivity (Wildman–Crippen MR) is 80.7 cm³/mol. The van der Waals surface area contributed by atoms with Crippen molar-refractivity contribution < 1.29 is 4.79 Å². The summed E-state index contributed by atoms with van der Waals surface area (Å²) < 4.78 is 0. The number of benzene rings is 1. The van der Waals surface area contributed by atoms with E-state index in [0.717, 1.165) is 19.5 Å². The van der Waals surface area contributed by atoms with E-state index in [1.807, 2.05) is 11.9 Å². The van der Waals surface area contributed by atoms with Crippen LogP contribution in [0.2, 0.25) is 0 Å². The first kappa shape index (κ1) is 16.0. The monoisotopic (exact) mass is 282 g/mol. The molecule has 4 heteroatoms. The maximum absolute atomic E-state index is 11.9. The molecule has 1 aliphatic rings. The summed E-state index contributed by atoms with van der Waals surface area (Å²) in [6.07, 6.45) is 1.07. The Labute approximate surface area is 121 Å². The number of likely N-dealkylation sites (tertiary alicyclic amines) is 1. The van der Waals surface area contributed by atoms with Crippen LogP contribution in [0.4, 0.5) is 0 Å². The van der Waals surface area contributed by atoms with Gasteiger partial charge in [0.1, 0.15) is 0 Å². The minimum absolute atomic E-state index is 0. The molecule has 1 N–H and O–H groups in total. The number of carbonyl (C=O) groups excluding carboxylic acids is 1. The van der Waals surface area contributed by atoms with Crippen LogP contribution in [0.25, 0.3) is 0 Å². The number of piperidine rings is 1. The average molecular weight is 283 g/mol. The second kappa shape index (κ2) is 7.51. The second-order valence-corrected chi connectivity index (χ2v) is 5.15. The number of hydrogen-bond donors (Lipinski definition) is 1. The third-order valence-electron chi connectivity index (χ3n) is 3.81. The molecule has 1 aromatic rings. The van der Waals surface area contributed by atoms with Crippen molar-refractivity contribution in [2.75, 3.05) is 26.7 Å². The highest BCUT2D eigenvalue weighted by Gasteiger charge is 2.28. The summed E-state index contributed by atoms with van der Waals surface area (Å²) in [7, 11) is 1.82. The lowest BCUT2D eigenvalue weighted by Crippen LogP contribution is -2.45. The Hall–Kier alpha value is -1.06. The summed E-state index contributed by atoms with van der Waals surface area (Å²) >= 11 is 0. The lowest BCUT2D eigenvalue weighted by Gasteiger charge is -2.37. The van der Waals surface area contributed by atoms with Gasteiger partial charge >= 0.3 is 0 Å². The zero-order valence-corrected chi connectivity index (χ0v) is 12.5. The molecule has 1 fully saturated rings. The number of nitrogens with zero attached hydrogens (tertiary/aromatic N) is 1. The van der Waals surface area contributed by atoms with Crippen LogP contribution in [-0.2, 0) is 4.79 Å². The fourth-order valence-electron chi connectivity index (χ4n) is 2.83. The smallest absolute Gasteiger partial charge is 0.236 e. The summed E-state index contributed by atoms with van der Waals surface area (Å²) in [5, 5.41) is 2.93. The van der Waals surface area contributed by atoms with Crippen LogP contribution in [0.15, 0.2) is 30.3 Å². The fraction of sp³-hybridized carbons (Fsp3) is 0.533. The van der Waals surface area contributed by atoms with Crippen LogP contribution in [0, 0.1) is 5.92 Å². The molecule has 1 aliphatic heterocycles. The summed E-state index contributed by atoms with van der Waals surface area (Å²) in [6, 6.07) is 10.7. The molecule has 2 atom stereocenters. The third kappa shape index (κ3) is 3.95. The minimum Gasteiger partial charge on any atom is -0.341 e. The first-order chi connectivity index (χ1) is 8.72. The van der Waals surface area contributed by atoms with Crippen molar-refractivity contribution in [3.05, 3.63) is 35.9 Å². The molecule has 1 saturated heterocycles. The van der Waals surface area contributed by atoms with Crippen molar-refractivity contribution in [1.29, 1.82) is 0 Å². The molecule has 2 rings (SSSR count). The molecule has 0 spiro atoms. The topological polar surface area (TPSA) is 32.3 Å². The van der Waals surface area contributed by atoms with Gasteiger partial charge in [-0.25, -0.2) is 0 Å². The summed E-state index contributed by atoms with van der Waals surface area (Å²) in [5.41, 5.74) is 1.41. The van der Waals surface area contributed by atoms with E-state index in [2.05, 4.69) is 42.6 Å². The van der Waals surface area contributed by atoms with Gasteiger partial charge in [0.15, 0.2) is 0 Å². The van der Waals surface area contributed by atoms with Gasteiger partial charge < -0.3 is 10.2 Å². The largest absolute Gasteiger partial charge is 0.341 e. The van der Waals surface area contributed by atoms with Crippen molar-refractivity contribution in [2.45, 2.75) is 19.3 Å². The fourth-order valence-corrected chi connectivity index (χ4v) is 2.83. The molecule has 2 unspecified atom stereocenters. The van der Waals surface area contributed by atoms with Gasteiger partial charge in [0.05, 0.1) is 6.54 Å². The Morgan fingerprint density at radius 2 is 2.05 bits per heavy atom. The van der Waals surface area contributed by atoms with Gasteiger partial charge in [-0.05, 0) is 30.9 Å². The Balaban J connectivity index is 0.00000180. The van der Waals surface area contributed by atoms with E-state index in [0.29, 0.717) is 18.4 Å². The van der Waals surface area contributed by atoms with E-state index in [-0.39, 0.29) is 18.3 Å². The molecule has 19 heavy (non-hydrogen) atoms. The Morgan fingerprint density at radius 3 is 2.63 bits per heavy atom. The zero-order chi connectivity index (χ0) is 13.0. The van der Waals surface area contributed by atoms with Crippen LogP contribution in [0.5, 0.6) is 0 Å². The van der Waals surface area contributed by atoms with E-state index < -0.39 is 0 Å². The van der Waals surface area contributed by atoms with Gasteiger partial charge in [-0.3, -0.25) is 4.79 Å². The van der Waals surface area contributed by atoms with Crippen molar-refractivity contribution in [2.24, 2.45) is 5.92 Å². The molecule has 0 aliphatic carbocycles. The number of carbonyl (C=O) groups is 1. The number of halogens is 1. The lowest BCUT2D eigenvalue weighted by atomic mass is 9.81. The van der Waals surface area contributed by atoms with Crippen molar-refractivity contribution in [1.82, 2.24) is 10.2 Å². The highest BCUT2D eigenvalue weighted by atomic mass is 35.5. The van der Waals surface area contributed by atoms with Gasteiger partial charge in [-0.15, -0.1) is 12.4 Å². The first-order valence-electron chi connectivity index (χ1n) is 6.69. The van der Waals surface area contributed by atoms with Crippen molar-refractivity contribution in [3.63, 3.8) is 0 Å². The van der Waals surface area contributed by atoms with Gasteiger partial charge in [-0.2, -0.15) is 0 Å². The Morgan fingerprint density at radius 1 is 1.37 bits per heavy atom. The molecule has 0 bridgehead atoms. The number of nitrogens with one attached hydrogen (secondary N) is 1. The van der Waals surface area contributed by atoms with E-state index in [1.165, 1.54) is 5.56 Å². The van der Waals surface area contributed by atoms with Crippen LogP contribution in [-0.4, -0.2) is 37.5 Å². The lowest BCUT2D eigenvalue weighted by molar-refractivity contribution is -0.132. The van der Waals surface area contributed by atoms with Crippen molar-refractivity contribution >= 4 is 18.3 Å². The third-order valence-corrected chi connectivity index (χ3v) is 3.81. The summed E-state index contributed by atoms with van der Waals surface area (Å²) in [5.74, 6) is 1.34. The van der Waals surface area contributed by atoms with Gasteiger partial charge in [-0.1, -0.05) is 37.3 Å². The highest BCUT2D eigenvalue weighted by molar-refractivity contribution is 5.85. The molecular formula is C15H23ClN2O. The molecule has 3 nitrogen and oxygen atoms in total. The number of amides is 1. The number of likely N-dealkylation sites (N-methyl/N-ethyl adjacent to an activating group) is 1. The van der Waals surface area contributed by atoms with E-state index in [4.69, 9.17) is 0 Å². The number of hydrogen-bond acceptors (Lipinski definition) is 2. The maximum atomic E-state index is 11.9. The first-order valence-corrected chi connectivity index (χ1v) is 6.69. The van der Waals surface area contributed by atoms with E-state index in [9.17, 15) is 4.79 Å². The molecule has 0 saturated carbocycles. The molecule has 0 aromatic heterocycles. The van der Waals surface area contributed by atoms with Crippen LogP contribution in [0.1, 0.15) is 24.8 Å². The molecule has 106 valence electrons. The van der Waals surface area contributed by atoms with Crippen LogP contribution in [0.3, 0.4) is 0 Å². The van der Waals surface area contributed by atoms with Gasteiger partial charge in [0.2, 0.25) is 5.91 Å². The highest BCUT2D eigenvalue weighted by Crippen LogP contribution is 2.32. The SMILES string of the molecule is CNCC(=O)N1CCC(c2ccccc2)C(C)C1.Cl. The minimum atomic E-state index is 0. The average Bonchev–Trinajstić information content (AvgIpc) is 2.40. The van der Waals surface area contributed by atoms with Crippen molar-refractivity contribution in [3.8, 4) is 0 Å². The molecule has 1 aromatic carbocycles. The van der Waals surface area contributed by atoms with Gasteiger partial charge in [0, 0.05) is 13.1 Å². The molecular weight excluding hydrogens is 260 g/mol.